The van der Waals surface area contributed by atoms with Gasteiger partial charge in [-0.05, 0) is 18.8 Å². The average Bonchev–Trinajstić information content (AvgIpc) is 2.78. The van der Waals surface area contributed by atoms with Crippen molar-refractivity contribution in [2.24, 2.45) is 11.7 Å². The molecule has 1 aromatic rings. The van der Waals surface area contributed by atoms with E-state index in [2.05, 4.69) is 24.0 Å². The second-order valence-electron chi connectivity index (χ2n) is 5.10. The minimum atomic E-state index is -0.134. The van der Waals surface area contributed by atoms with Crippen LogP contribution in [0.2, 0.25) is 0 Å². The van der Waals surface area contributed by atoms with Crippen LogP contribution < -0.4 is 5.73 Å². The van der Waals surface area contributed by atoms with Gasteiger partial charge in [0.05, 0.1) is 6.04 Å². The van der Waals surface area contributed by atoms with Gasteiger partial charge in [-0.2, -0.15) is 4.98 Å². The summed E-state index contributed by atoms with van der Waals surface area (Å²) in [6, 6.07) is -0.134. The van der Waals surface area contributed by atoms with E-state index in [4.69, 9.17) is 10.3 Å². The fourth-order valence-electron chi connectivity index (χ4n) is 2.19. The Bertz CT molecular complexity index is 329. The molecule has 2 N–H and O–H groups in total. The van der Waals surface area contributed by atoms with Gasteiger partial charge in [-0.3, -0.25) is 0 Å². The quantitative estimate of drug-likeness (QED) is 0.855. The first-order chi connectivity index (χ1) is 7.68. The van der Waals surface area contributed by atoms with Crippen LogP contribution in [0.25, 0.3) is 0 Å². The van der Waals surface area contributed by atoms with Crippen LogP contribution in [-0.4, -0.2) is 10.1 Å². The van der Waals surface area contributed by atoms with Crippen LogP contribution in [0.3, 0.4) is 0 Å². The minimum absolute atomic E-state index is 0.134. The van der Waals surface area contributed by atoms with Crippen LogP contribution in [0.1, 0.15) is 69.6 Å². The number of hydrogen-bond acceptors (Lipinski definition) is 4. The second-order valence-corrected chi connectivity index (χ2v) is 5.10. The molecule has 16 heavy (non-hydrogen) atoms. The number of rotatable bonds is 3. The van der Waals surface area contributed by atoms with Crippen LogP contribution >= 0.6 is 0 Å². The van der Waals surface area contributed by atoms with Crippen molar-refractivity contribution in [1.29, 1.82) is 0 Å². The van der Waals surface area contributed by atoms with E-state index in [1.807, 2.05) is 0 Å². The molecule has 0 aromatic carbocycles. The fourth-order valence-corrected chi connectivity index (χ4v) is 2.19. The Kier molecular flexibility index (Phi) is 3.59. The first-order valence-electron chi connectivity index (χ1n) is 6.27. The predicted octanol–water partition coefficient (Wildman–Crippen LogP) is 2.77. The first kappa shape index (κ1) is 11.6. The van der Waals surface area contributed by atoms with Crippen molar-refractivity contribution in [3.8, 4) is 0 Å². The third-order valence-corrected chi connectivity index (χ3v) is 3.43. The Balaban J connectivity index is 2.06. The number of nitrogens with two attached hydrogens (primary N) is 1. The summed E-state index contributed by atoms with van der Waals surface area (Å²) in [5.41, 5.74) is 5.98. The van der Waals surface area contributed by atoms with Gasteiger partial charge in [0.25, 0.3) is 0 Å². The molecule has 0 saturated heterocycles. The third-order valence-electron chi connectivity index (χ3n) is 3.43. The molecule has 1 heterocycles. The zero-order valence-corrected chi connectivity index (χ0v) is 10.1. The SMILES string of the molecule is CC(C)C(N)c1nc(C2CCCCC2)no1. The van der Waals surface area contributed by atoms with E-state index in [1.54, 1.807) is 0 Å². The lowest BCUT2D eigenvalue weighted by Gasteiger charge is -2.17. The van der Waals surface area contributed by atoms with E-state index in [-0.39, 0.29) is 6.04 Å². The highest BCUT2D eigenvalue weighted by Gasteiger charge is 2.23. The highest BCUT2D eigenvalue weighted by Crippen LogP contribution is 2.31. The summed E-state index contributed by atoms with van der Waals surface area (Å²) in [5.74, 6) is 2.28. The molecule has 1 aliphatic rings. The lowest BCUT2D eigenvalue weighted by atomic mass is 9.89. The highest BCUT2D eigenvalue weighted by atomic mass is 16.5. The van der Waals surface area contributed by atoms with Crippen molar-refractivity contribution >= 4 is 0 Å². The highest BCUT2D eigenvalue weighted by molar-refractivity contribution is 4.99. The summed E-state index contributed by atoms with van der Waals surface area (Å²) in [6.07, 6.45) is 6.29. The number of aromatic nitrogens is 2. The minimum Gasteiger partial charge on any atom is -0.338 e. The van der Waals surface area contributed by atoms with Crippen molar-refractivity contribution in [3.05, 3.63) is 11.7 Å². The first-order valence-corrected chi connectivity index (χ1v) is 6.27. The van der Waals surface area contributed by atoms with Crippen LogP contribution in [-0.2, 0) is 0 Å². The monoisotopic (exact) mass is 223 g/mol. The van der Waals surface area contributed by atoms with Gasteiger partial charge in [0.2, 0.25) is 5.89 Å². The van der Waals surface area contributed by atoms with Gasteiger partial charge in [0.15, 0.2) is 5.82 Å². The maximum absolute atomic E-state index is 5.98. The van der Waals surface area contributed by atoms with Gasteiger partial charge < -0.3 is 10.3 Å². The lowest BCUT2D eigenvalue weighted by Crippen LogP contribution is -2.17. The molecule has 0 spiro atoms. The van der Waals surface area contributed by atoms with Crippen LogP contribution in [0.5, 0.6) is 0 Å². The van der Waals surface area contributed by atoms with E-state index in [0.29, 0.717) is 17.7 Å². The molecule has 4 heteroatoms. The Morgan fingerprint density at radius 3 is 2.56 bits per heavy atom. The summed E-state index contributed by atoms with van der Waals surface area (Å²) < 4.78 is 5.25. The molecule has 0 radical (unpaired) electrons. The molecule has 2 rings (SSSR count). The zero-order valence-electron chi connectivity index (χ0n) is 10.1. The molecule has 1 fully saturated rings. The smallest absolute Gasteiger partial charge is 0.243 e. The van der Waals surface area contributed by atoms with Crippen molar-refractivity contribution in [2.45, 2.75) is 57.9 Å². The Morgan fingerprint density at radius 2 is 1.94 bits per heavy atom. The Labute approximate surface area is 96.6 Å². The summed E-state index contributed by atoms with van der Waals surface area (Å²) in [7, 11) is 0. The standard InChI is InChI=1S/C12H21N3O/c1-8(2)10(13)12-14-11(15-16-12)9-6-4-3-5-7-9/h8-10H,3-7,13H2,1-2H3. The zero-order chi connectivity index (χ0) is 11.5. The van der Waals surface area contributed by atoms with E-state index < -0.39 is 0 Å². The van der Waals surface area contributed by atoms with Crippen LogP contribution in [0.15, 0.2) is 4.52 Å². The van der Waals surface area contributed by atoms with Gasteiger partial charge in [-0.25, -0.2) is 0 Å². The summed E-state index contributed by atoms with van der Waals surface area (Å²) in [4.78, 5) is 4.45. The van der Waals surface area contributed by atoms with Gasteiger partial charge in [-0.1, -0.05) is 38.3 Å². The summed E-state index contributed by atoms with van der Waals surface area (Å²) >= 11 is 0. The van der Waals surface area contributed by atoms with Gasteiger partial charge >= 0.3 is 0 Å². The van der Waals surface area contributed by atoms with Crippen molar-refractivity contribution in [3.63, 3.8) is 0 Å². The maximum atomic E-state index is 5.98. The normalized spacial score (nSPS) is 20.2. The Morgan fingerprint density at radius 1 is 1.25 bits per heavy atom. The molecular formula is C12H21N3O. The van der Waals surface area contributed by atoms with Gasteiger partial charge in [-0.15, -0.1) is 0 Å². The van der Waals surface area contributed by atoms with Crippen molar-refractivity contribution < 1.29 is 4.52 Å². The second kappa shape index (κ2) is 4.95. The molecular weight excluding hydrogens is 202 g/mol. The van der Waals surface area contributed by atoms with E-state index in [1.165, 1.54) is 32.1 Å². The fraction of sp³-hybridized carbons (Fsp3) is 0.833. The summed E-state index contributed by atoms with van der Waals surface area (Å²) in [6.45, 7) is 4.13. The molecule has 0 bridgehead atoms. The molecule has 4 nitrogen and oxygen atoms in total. The molecule has 1 atom stereocenters. The molecule has 1 unspecified atom stereocenters. The van der Waals surface area contributed by atoms with E-state index in [0.717, 1.165) is 5.82 Å². The molecule has 90 valence electrons. The largest absolute Gasteiger partial charge is 0.338 e. The molecule has 1 saturated carbocycles. The van der Waals surface area contributed by atoms with E-state index >= 15 is 0 Å². The lowest BCUT2D eigenvalue weighted by molar-refractivity contribution is 0.317. The van der Waals surface area contributed by atoms with Crippen molar-refractivity contribution in [1.82, 2.24) is 10.1 Å². The molecule has 0 amide bonds. The number of nitrogens with zero attached hydrogens (tertiary/aromatic N) is 2. The maximum Gasteiger partial charge on any atom is 0.243 e. The predicted molar refractivity (Wildman–Crippen MR) is 61.9 cm³/mol. The molecule has 0 aliphatic heterocycles. The third kappa shape index (κ3) is 2.43. The molecule has 1 aliphatic carbocycles. The van der Waals surface area contributed by atoms with Crippen molar-refractivity contribution in [2.75, 3.05) is 0 Å². The molecule has 1 aromatic heterocycles. The van der Waals surface area contributed by atoms with Crippen LogP contribution in [0, 0.1) is 5.92 Å². The summed E-state index contributed by atoms with van der Waals surface area (Å²) in [5, 5.41) is 4.08. The Hall–Kier alpha value is -0.900. The number of hydrogen-bond donors (Lipinski definition) is 1. The van der Waals surface area contributed by atoms with Gasteiger partial charge in [0, 0.05) is 5.92 Å². The van der Waals surface area contributed by atoms with E-state index in [9.17, 15) is 0 Å². The topological polar surface area (TPSA) is 64.9 Å². The average molecular weight is 223 g/mol. The van der Waals surface area contributed by atoms with Crippen LogP contribution in [0.4, 0.5) is 0 Å². The van der Waals surface area contributed by atoms with Gasteiger partial charge in [0.1, 0.15) is 0 Å².